The highest BCUT2D eigenvalue weighted by atomic mass is 32.2. The minimum Gasteiger partial charge on any atom is -0.324 e. The van der Waals surface area contributed by atoms with Gasteiger partial charge in [-0.25, -0.2) is 4.79 Å². The second kappa shape index (κ2) is 6.91. The molecular weight excluding hydrogens is 362 g/mol. The summed E-state index contributed by atoms with van der Waals surface area (Å²) in [5.41, 5.74) is -0.844. The number of anilines is 1. The molecule has 1 saturated heterocycles. The minimum atomic E-state index is -0.844. The Bertz CT molecular complexity index is 701. The fourth-order valence-corrected chi connectivity index (χ4v) is 4.50. The molecule has 10 heteroatoms. The van der Waals surface area contributed by atoms with E-state index in [1.54, 1.807) is 18.7 Å². The number of hydrogen-bond donors (Lipinski definition) is 1. The maximum Gasteiger partial charge on any atom is 0.325 e. The number of carbonyl (C=O) groups is 3. The number of hydrogen-bond acceptors (Lipinski definition) is 7. The Kier molecular flexibility index (Phi) is 5.01. The lowest BCUT2D eigenvalue weighted by atomic mass is 10.1. The molecule has 25 heavy (non-hydrogen) atoms. The van der Waals surface area contributed by atoms with Gasteiger partial charge in [-0.3, -0.25) is 19.4 Å². The van der Waals surface area contributed by atoms with Gasteiger partial charge < -0.3 is 5.32 Å². The molecule has 1 aliphatic heterocycles. The highest BCUT2D eigenvalue weighted by Crippen LogP contribution is 2.36. The van der Waals surface area contributed by atoms with Crippen molar-refractivity contribution in [1.29, 1.82) is 0 Å². The van der Waals surface area contributed by atoms with Crippen molar-refractivity contribution in [3.63, 3.8) is 0 Å². The smallest absolute Gasteiger partial charge is 0.324 e. The van der Waals surface area contributed by atoms with Gasteiger partial charge in [-0.1, -0.05) is 30.0 Å². The zero-order chi connectivity index (χ0) is 18.2. The Morgan fingerprint density at radius 3 is 2.68 bits per heavy atom. The molecule has 1 aromatic rings. The van der Waals surface area contributed by atoms with Crippen LogP contribution in [-0.2, 0) is 9.59 Å². The first-order valence-electron chi connectivity index (χ1n) is 8.26. The summed E-state index contributed by atoms with van der Waals surface area (Å²) in [6.07, 6.45) is 2.46. The molecule has 3 rings (SSSR count). The lowest BCUT2D eigenvalue weighted by Gasteiger charge is -2.17. The Morgan fingerprint density at radius 2 is 2.12 bits per heavy atom. The molecular formula is C15H21N5O3S2. The summed E-state index contributed by atoms with van der Waals surface area (Å²) in [5.74, 6) is 0.385. The van der Waals surface area contributed by atoms with Crippen LogP contribution in [0.15, 0.2) is 4.34 Å². The van der Waals surface area contributed by atoms with E-state index in [1.807, 2.05) is 6.92 Å². The van der Waals surface area contributed by atoms with Gasteiger partial charge in [-0.05, 0) is 26.7 Å². The molecule has 0 atom stereocenters. The van der Waals surface area contributed by atoms with Gasteiger partial charge >= 0.3 is 6.03 Å². The Labute approximate surface area is 154 Å². The van der Waals surface area contributed by atoms with Crippen molar-refractivity contribution < 1.29 is 14.4 Å². The molecule has 0 bridgehead atoms. The summed E-state index contributed by atoms with van der Waals surface area (Å²) >= 11 is 2.81. The number of rotatable bonds is 7. The Balaban J connectivity index is 1.56. The molecule has 2 aliphatic rings. The van der Waals surface area contributed by atoms with Crippen LogP contribution >= 0.6 is 23.1 Å². The molecule has 1 saturated carbocycles. The molecule has 136 valence electrons. The third-order valence-electron chi connectivity index (χ3n) is 4.07. The van der Waals surface area contributed by atoms with E-state index < -0.39 is 5.54 Å². The first-order chi connectivity index (χ1) is 11.8. The van der Waals surface area contributed by atoms with Crippen LogP contribution in [0.5, 0.6) is 0 Å². The average molecular weight is 383 g/mol. The number of aromatic nitrogens is 2. The summed E-state index contributed by atoms with van der Waals surface area (Å²) in [6, 6.07) is -0.103. The average Bonchev–Trinajstić information content (AvgIpc) is 3.24. The van der Waals surface area contributed by atoms with E-state index in [4.69, 9.17) is 0 Å². The van der Waals surface area contributed by atoms with Crippen molar-refractivity contribution in [2.45, 2.75) is 56.0 Å². The van der Waals surface area contributed by atoms with E-state index in [1.165, 1.54) is 28.0 Å². The number of nitrogens with one attached hydrogen (secondary N) is 1. The minimum absolute atomic E-state index is 0.0664. The number of thioether (sulfide) groups is 1. The Hall–Kier alpha value is -1.68. The lowest BCUT2D eigenvalue weighted by Crippen LogP contribution is -2.40. The standard InChI is InChI=1S/C15H21N5O3S2/c1-4-10(21)20(9-5-6-9)13-17-18-14(25-13)24-8-7-19-11(22)15(2,3)16-12(19)23/h9H,4-8H2,1-3H3,(H,16,23). The van der Waals surface area contributed by atoms with E-state index in [-0.39, 0.29) is 23.9 Å². The molecule has 2 heterocycles. The summed E-state index contributed by atoms with van der Waals surface area (Å²) in [5, 5.41) is 11.6. The first kappa shape index (κ1) is 18.1. The lowest BCUT2D eigenvalue weighted by molar-refractivity contribution is -0.130. The topological polar surface area (TPSA) is 95.5 Å². The second-order valence-electron chi connectivity index (χ2n) is 6.56. The summed E-state index contributed by atoms with van der Waals surface area (Å²) < 4.78 is 0.732. The van der Waals surface area contributed by atoms with Crippen LogP contribution in [0.4, 0.5) is 9.93 Å². The van der Waals surface area contributed by atoms with Crippen LogP contribution in [0.25, 0.3) is 0 Å². The van der Waals surface area contributed by atoms with Crippen LogP contribution in [0.1, 0.15) is 40.0 Å². The van der Waals surface area contributed by atoms with E-state index in [0.29, 0.717) is 23.8 Å². The van der Waals surface area contributed by atoms with Gasteiger partial charge in [-0.2, -0.15) is 0 Å². The van der Waals surface area contributed by atoms with Gasteiger partial charge in [0.1, 0.15) is 5.54 Å². The van der Waals surface area contributed by atoms with Gasteiger partial charge in [-0.15, -0.1) is 10.2 Å². The van der Waals surface area contributed by atoms with Crippen molar-refractivity contribution in [3.8, 4) is 0 Å². The molecule has 8 nitrogen and oxygen atoms in total. The van der Waals surface area contributed by atoms with Crippen LogP contribution in [0, 0.1) is 0 Å². The van der Waals surface area contributed by atoms with Crippen LogP contribution in [-0.4, -0.2) is 56.8 Å². The van der Waals surface area contributed by atoms with E-state index in [2.05, 4.69) is 15.5 Å². The van der Waals surface area contributed by atoms with Crippen molar-refractivity contribution in [2.24, 2.45) is 0 Å². The third kappa shape index (κ3) is 3.79. The number of urea groups is 1. The molecule has 0 aromatic carbocycles. The Morgan fingerprint density at radius 1 is 1.40 bits per heavy atom. The maximum absolute atomic E-state index is 12.1. The zero-order valence-corrected chi connectivity index (χ0v) is 16.1. The highest BCUT2D eigenvalue weighted by molar-refractivity contribution is 8.01. The van der Waals surface area contributed by atoms with Crippen molar-refractivity contribution in [3.05, 3.63) is 0 Å². The molecule has 0 unspecified atom stereocenters. The SMILES string of the molecule is CCC(=O)N(c1nnc(SCCN2C(=O)NC(C)(C)C2=O)s1)C1CC1. The van der Waals surface area contributed by atoms with Gasteiger partial charge in [0.2, 0.25) is 11.0 Å². The molecule has 1 aromatic heterocycles. The molecule has 0 radical (unpaired) electrons. The predicted molar refractivity (Wildman–Crippen MR) is 95.8 cm³/mol. The van der Waals surface area contributed by atoms with Gasteiger partial charge in [0.05, 0.1) is 0 Å². The highest BCUT2D eigenvalue weighted by Gasteiger charge is 2.43. The fourth-order valence-electron chi connectivity index (χ4n) is 2.57. The van der Waals surface area contributed by atoms with Crippen LogP contribution in [0.3, 0.4) is 0 Å². The molecule has 1 aliphatic carbocycles. The second-order valence-corrected chi connectivity index (χ2v) is 8.86. The molecule has 1 N–H and O–H groups in total. The zero-order valence-electron chi connectivity index (χ0n) is 14.4. The summed E-state index contributed by atoms with van der Waals surface area (Å²) in [6.45, 7) is 5.53. The predicted octanol–water partition coefficient (Wildman–Crippen LogP) is 1.87. The van der Waals surface area contributed by atoms with Crippen molar-refractivity contribution in [2.75, 3.05) is 17.2 Å². The summed E-state index contributed by atoms with van der Waals surface area (Å²) in [7, 11) is 0. The normalized spacial score (nSPS) is 19.2. The molecule has 0 spiro atoms. The fraction of sp³-hybridized carbons (Fsp3) is 0.667. The monoisotopic (exact) mass is 383 g/mol. The molecule has 4 amide bonds. The van der Waals surface area contributed by atoms with E-state index in [0.717, 1.165) is 17.2 Å². The summed E-state index contributed by atoms with van der Waals surface area (Å²) in [4.78, 5) is 39.0. The van der Waals surface area contributed by atoms with Crippen LogP contribution in [0.2, 0.25) is 0 Å². The van der Waals surface area contributed by atoms with Crippen molar-refractivity contribution in [1.82, 2.24) is 20.4 Å². The van der Waals surface area contributed by atoms with Gasteiger partial charge in [0.25, 0.3) is 5.91 Å². The van der Waals surface area contributed by atoms with Crippen molar-refractivity contribution >= 4 is 46.1 Å². The number of carbonyl (C=O) groups excluding carboxylic acids is 3. The largest absolute Gasteiger partial charge is 0.325 e. The number of imide groups is 1. The quantitative estimate of drug-likeness (QED) is 0.439. The number of nitrogens with zero attached hydrogens (tertiary/aromatic N) is 4. The number of amides is 4. The van der Waals surface area contributed by atoms with Crippen LogP contribution < -0.4 is 10.2 Å². The van der Waals surface area contributed by atoms with E-state index >= 15 is 0 Å². The first-order valence-corrected chi connectivity index (χ1v) is 10.1. The third-order valence-corrected chi connectivity index (χ3v) is 6.11. The van der Waals surface area contributed by atoms with E-state index in [9.17, 15) is 14.4 Å². The van der Waals surface area contributed by atoms with Gasteiger partial charge in [0, 0.05) is 24.8 Å². The maximum atomic E-state index is 12.1. The van der Waals surface area contributed by atoms with Gasteiger partial charge in [0.15, 0.2) is 4.34 Å². The molecule has 2 fully saturated rings.